The molecule has 6 nitrogen and oxygen atoms in total. The third-order valence-corrected chi connectivity index (χ3v) is 5.50. The second-order valence-corrected chi connectivity index (χ2v) is 7.60. The predicted octanol–water partition coefficient (Wildman–Crippen LogP) is 4.15. The maximum Gasteiger partial charge on any atom is 0.414 e. The highest BCUT2D eigenvalue weighted by molar-refractivity contribution is 5.94. The van der Waals surface area contributed by atoms with Gasteiger partial charge in [0.2, 0.25) is 0 Å². The minimum absolute atomic E-state index is 0.0433. The molecule has 2 heterocycles. The zero-order valence-corrected chi connectivity index (χ0v) is 16.4. The van der Waals surface area contributed by atoms with Crippen molar-refractivity contribution in [3.05, 3.63) is 59.2 Å². The van der Waals surface area contributed by atoms with E-state index in [1.54, 1.807) is 4.90 Å². The first kappa shape index (κ1) is 19.4. The van der Waals surface area contributed by atoms with Crippen LogP contribution in [0.15, 0.2) is 36.4 Å². The van der Waals surface area contributed by atoms with E-state index in [0.29, 0.717) is 17.8 Å². The smallest absolute Gasteiger partial charge is 0.414 e. The number of nitrogens with zero attached hydrogens (tertiary/aromatic N) is 2. The van der Waals surface area contributed by atoms with Gasteiger partial charge in [0.25, 0.3) is 5.91 Å². The van der Waals surface area contributed by atoms with Crippen LogP contribution in [0, 0.1) is 5.82 Å². The largest absolute Gasteiger partial charge is 0.446 e. The highest BCUT2D eigenvalue weighted by atomic mass is 19.1. The molecule has 1 N–H and O–H groups in total. The van der Waals surface area contributed by atoms with Crippen molar-refractivity contribution in [2.75, 3.05) is 11.4 Å². The molecule has 29 heavy (non-hydrogen) atoms. The van der Waals surface area contributed by atoms with E-state index in [1.165, 1.54) is 24.3 Å². The molecule has 2 aliphatic rings. The van der Waals surface area contributed by atoms with E-state index in [-0.39, 0.29) is 30.0 Å². The Morgan fingerprint density at radius 3 is 2.62 bits per heavy atom. The zero-order valence-electron chi connectivity index (χ0n) is 16.4. The minimum atomic E-state index is -0.383. The van der Waals surface area contributed by atoms with Crippen LogP contribution in [0.1, 0.15) is 60.4 Å². The van der Waals surface area contributed by atoms with Gasteiger partial charge in [0.1, 0.15) is 11.9 Å². The van der Waals surface area contributed by atoms with Gasteiger partial charge >= 0.3 is 6.09 Å². The van der Waals surface area contributed by atoms with Crippen molar-refractivity contribution in [3.63, 3.8) is 0 Å². The Bertz CT molecular complexity index is 912. The second kappa shape index (κ2) is 8.19. The van der Waals surface area contributed by atoms with Crippen molar-refractivity contribution in [3.8, 4) is 0 Å². The highest BCUT2D eigenvalue weighted by Crippen LogP contribution is 2.30. The Morgan fingerprint density at radius 2 is 1.93 bits per heavy atom. The van der Waals surface area contributed by atoms with Crippen molar-refractivity contribution >= 4 is 17.7 Å². The summed E-state index contributed by atoms with van der Waals surface area (Å²) >= 11 is 0. The molecule has 1 aromatic heterocycles. The molecular formula is C22H24FN3O3. The van der Waals surface area contributed by atoms with Crippen molar-refractivity contribution in [2.45, 2.75) is 51.2 Å². The van der Waals surface area contributed by atoms with Crippen molar-refractivity contribution < 1.29 is 18.7 Å². The van der Waals surface area contributed by atoms with Crippen LogP contribution in [-0.4, -0.2) is 29.6 Å². The van der Waals surface area contributed by atoms with E-state index < -0.39 is 0 Å². The lowest BCUT2D eigenvalue weighted by Crippen LogP contribution is -2.39. The minimum Gasteiger partial charge on any atom is -0.446 e. The van der Waals surface area contributed by atoms with E-state index in [0.717, 1.165) is 43.5 Å². The number of carbonyl (C=O) groups is 2. The number of benzene rings is 1. The van der Waals surface area contributed by atoms with E-state index in [2.05, 4.69) is 5.32 Å². The summed E-state index contributed by atoms with van der Waals surface area (Å²) in [6.45, 7) is 2.47. The number of pyridine rings is 1. The predicted molar refractivity (Wildman–Crippen MR) is 106 cm³/mol. The summed E-state index contributed by atoms with van der Waals surface area (Å²) in [5, 5.41) is 2.88. The summed E-state index contributed by atoms with van der Waals surface area (Å²) in [5.41, 5.74) is 2.72. The lowest BCUT2D eigenvalue weighted by Gasteiger charge is -2.32. The number of rotatable bonds is 4. The third-order valence-electron chi connectivity index (χ3n) is 5.50. The standard InChI is InChI=1S/C22H24FN3O3/c1-14(24-21(27)15-7-9-16(23)10-8-15)18-11-12-20-19(25-18)6-3-13-26(20)22(28)29-17-4-2-5-17/h7-12,14,17H,2-6,13H2,1H3,(H,24,27). The number of hydrogen-bond acceptors (Lipinski definition) is 4. The number of halogens is 1. The molecule has 0 bridgehead atoms. The summed E-state index contributed by atoms with van der Waals surface area (Å²) in [7, 11) is 0. The van der Waals surface area contributed by atoms with Crippen LogP contribution in [0.3, 0.4) is 0 Å². The summed E-state index contributed by atoms with van der Waals surface area (Å²) < 4.78 is 18.6. The SMILES string of the molecule is CC(NC(=O)c1ccc(F)cc1)c1ccc2c(n1)CCCN2C(=O)OC1CCC1. The molecule has 1 atom stereocenters. The number of aryl methyl sites for hydroxylation is 1. The average Bonchev–Trinajstić information content (AvgIpc) is 2.70. The van der Waals surface area contributed by atoms with Gasteiger partial charge in [-0.1, -0.05) is 0 Å². The summed E-state index contributed by atoms with van der Waals surface area (Å²) in [6, 6.07) is 8.78. The van der Waals surface area contributed by atoms with Gasteiger partial charge in [-0.2, -0.15) is 0 Å². The van der Waals surface area contributed by atoms with Crippen LogP contribution in [0.2, 0.25) is 0 Å². The zero-order chi connectivity index (χ0) is 20.4. The van der Waals surface area contributed by atoms with Crippen molar-refractivity contribution in [2.24, 2.45) is 0 Å². The molecule has 0 spiro atoms. The molecule has 1 unspecified atom stereocenters. The molecule has 1 aliphatic carbocycles. The van der Waals surface area contributed by atoms with Gasteiger partial charge in [-0.15, -0.1) is 0 Å². The lowest BCUT2D eigenvalue weighted by atomic mass is 9.96. The maximum absolute atomic E-state index is 13.0. The Hall–Kier alpha value is -2.96. The van der Waals surface area contributed by atoms with Gasteiger partial charge in [-0.25, -0.2) is 9.18 Å². The van der Waals surface area contributed by atoms with Gasteiger partial charge < -0.3 is 10.1 Å². The van der Waals surface area contributed by atoms with Crippen LogP contribution < -0.4 is 10.2 Å². The van der Waals surface area contributed by atoms with Crippen molar-refractivity contribution in [1.82, 2.24) is 10.3 Å². The first-order chi connectivity index (χ1) is 14.0. The molecule has 0 radical (unpaired) electrons. The maximum atomic E-state index is 13.0. The van der Waals surface area contributed by atoms with Gasteiger partial charge in [0, 0.05) is 12.1 Å². The van der Waals surface area contributed by atoms with E-state index in [9.17, 15) is 14.0 Å². The Kier molecular flexibility index (Phi) is 5.47. The summed E-state index contributed by atoms with van der Waals surface area (Å²) in [6.07, 6.45) is 4.32. The molecule has 152 valence electrons. The number of amides is 2. The Labute approximate surface area is 169 Å². The number of hydrogen-bond donors (Lipinski definition) is 1. The summed E-state index contributed by atoms with van der Waals surface area (Å²) in [4.78, 5) is 31.2. The number of anilines is 1. The van der Waals surface area contributed by atoms with Gasteiger partial charge in [0.05, 0.1) is 23.1 Å². The van der Waals surface area contributed by atoms with Crippen molar-refractivity contribution in [1.29, 1.82) is 0 Å². The van der Waals surface area contributed by atoms with Crippen LogP contribution in [0.4, 0.5) is 14.9 Å². The lowest BCUT2D eigenvalue weighted by molar-refractivity contribution is 0.0571. The van der Waals surface area contributed by atoms with Gasteiger partial charge in [-0.05, 0) is 75.4 Å². The molecule has 1 saturated carbocycles. The molecule has 2 aromatic rings. The molecule has 4 rings (SSSR count). The molecule has 1 aliphatic heterocycles. The number of aromatic nitrogens is 1. The quantitative estimate of drug-likeness (QED) is 0.841. The average molecular weight is 397 g/mol. The van der Waals surface area contributed by atoms with Crippen LogP contribution in [-0.2, 0) is 11.2 Å². The molecule has 1 fully saturated rings. The first-order valence-electron chi connectivity index (χ1n) is 10.1. The van der Waals surface area contributed by atoms with E-state index >= 15 is 0 Å². The number of carbonyl (C=O) groups excluding carboxylic acids is 2. The molecule has 2 amide bonds. The second-order valence-electron chi connectivity index (χ2n) is 7.60. The Balaban J connectivity index is 1.46. The number of nitrogens with one attached hydrogen (secondary N) is 1. The highest BCUT2D eigenvalue weighted by Gasteiger charge is 2.29. The fourth-order valence-corrected chi connectivity index (χ4v) is 3.55. The van der Waals surface area contributed by atoms with E-state index in [1.807, 2.05) is 19.1 Å². The van der Waals surface area contributed by atoms with Crippen LogP contribution in [0.5, 0.6) is 0 Å². The number of fused-ring (bicyclic) bond motifs is 1. The van der Waals surface area contributed by atoms with Gasteiger partial charge in [-0.3, -0.25) is 14.7 Å². The molecule has 0 saturated heterocycles. The fraction of sp³-hybridized carbons (Fsp3) is 0.409. The van der Waals surface area contributed by atoms with Crippen LogP contribution >= 0.6 is 0 Å². The first-order valence-corrected chi connectivity index (χ1v) is 10.1. The topological polar surface area (TPSA) is 71.5 Å². The fourth-order valence-electron chi connectivity index (χ4n) is 3.55. The van der Waals surface area contributed by atoms with E-state index in [4.69, 9.17) is 9.72 Å². The molecular weight excluding hydrogens is 373 g/mol. The van der Waals surface area contributed by atoms with Gasteiger partial charge in [0.15, 0.2) is 0 Å². The number of ether oxygens (including phenoxy) is 1. The molecule has 1 aromatic carbocycles. The Morgan fingerprint density at radius 1 is 1.17 bits per heavy atom. The molecule has 7 heteroatoms. The third kappa shape index (κ3) is 4.23. The monoisotopic (exact) mass is 397 g/mol. The summed E-state index contributed by atoms with van der Waals surface area (Å²) in [5.74, 6) is -0.672. The van der Waals surface area contributed by atoms with Crippen LogP contribution in [0.25, 0.3) is 0 Å². The normalized spacial score (nSPS) is 17.1.